The van der Waals surface area contributed by atoms with E-state index in [1.54, 1.807) is 6.20 Å². The molecular weight excluding hydrogens is 252 g/mol. The van der Waals surface area contributed by atoms with E-state index < -0.39 is 30.1 Å². The first-order chi connectivity index (χ1) is 9.00. The molecule has 1 saturated heterocycles. The maximum Gasteiger partial charge on any atom is 0.329 e. The first-order valence-corrected chi connectivity index (χ1v) is 5.95. The van der Waals surface area contributed by atoms with Gasteiger partial charge in [0.25, 0.3) is 0 Å². The quantitative estimate of drug-likeness (QED) is 0.516. The minimum absolute atomic E-state index is 0.202. The van der Waals surface area contributed by atoms with E-state index in [2.05, 4.69) is 9.97 Å². The Bertz CT molecular complexity index is 461. The van der Waals surface area contributed by atoms with Crippen molar-refractivity contribution in [2.75, 3.05) is 6.54 Å². The van der Waals surface area contributed by atoms with Crippen molar-refractivity contribution in [3.8, 4) is 0 Å². The molecule has 0 radical (unpaired) electrons. The molecule has 1 aliphatic rings. The van der Waals surface area contributed by atoms with E-state index in [4.69, 9.17) is 10.8 Å². The van der Waals surface area contributed by atoms with Gasteiger partial charge in [-0.1, -0.05) is 0 Å². The zero-order valence-electron chi connectivity index (χ0n) is 10.2. The van der Waals surface area contributed by atoms with Crippen LogP contribution in [-0.4, -0.2) is 61.7 Å². The molecule has 0 aromatic carbocycles. The largest absolute Gasteiger partial charge is 0.480 e. The lowest BCUT2D eigenvalue weighted by atomic mass is 10.1. The van der Waals surface area contributed by atoms with Crippen molar-refractivity contribution in [1.29, 1.82) is 0 Å². The van der Waals surface area contributed by atoms with Crippen molar-refractivity contribution < 1.29 is 19.8 Å². The molecule has 0 spiro atoms. The molecule has 1 aromatic rings. The minimum atomic E-state index is -1.22. The fourth-order valence-electron chi connectivity index (χ4n) is 2.25. The van der Waals surface area contributed by atoms with E-state index in [0.29, 0.717) is 5.69 Å². The highest BCUT2D eigenvalue weighted by molar-refractivity contribution is 5.88. The van der Waals surface area contributed by atoms with Gasteiger partial charge in [-0.15, -0.1) is 0 Å². The Morgan fingerprint density at radius 3 is 2.95 bits per heavy atom. The number of carbonyl (C=O) groups is 2. The van der Waals surface area contributed by atoms with E-state index in [-0.39, 0.29) is 19.4 Å². The first kappa shape index (κ1) is 13.5. The number of aliphatic hydroxyl groups is 1. The van der Waals surface area contributed by atoms with E-state index >= 15 is 0 Å². The fourth-order valence-corrected chi connectivity index (χ4v) is 2.25. The lowest BCUT2D eigenvalue weighted by molar-refractivity contribution is -0.151. The number of likely N-dealkylation sites (tertiary alicyclic amines) is 1. The Labute approximate surface area is 109 Å². The van der Waals surface area contributed by atoms with E-state index in [1.807, 2.05) is 0 Å². The molecular formula is C11H16N4O4. The number of aromatic amines is 1. The highest BCUT2D eigenvalue weighted by atomic mass is 16.4. The van der Waals surface area contributed by atoms with Crippen molar-refractivity contribution in [3.05, 3.63) is 18.2 Å². The van der Waals surface area contributed by atoms with Crippen LogP contribution in [0.3, 0.4) is 0 Å². The summed E-state index contributed by atoms with van der Waals surface area (Å²) in [6.07, 6.45) is 2.49. The number of carboxylic acids is 1. The molecule has 0 saturated carbocycles. The summed E-state index contributed by atoms with van der Waals surface area (Å²) < 4.78 is 0. The SMILES string of the molecule is N[C@@H](Cc1cnc[nH]1)C(=O)N1CC[C@H](O)[C@H]1C(=O)O. The Kier molecular flexibility index (Phi) is 3.82. The number of nitrogens with two attached hydrogens (primary N) is 1. The Morgan fingerprint density at radius 1 is 1.63 bits per heavy atom. The standard InChI is InChI=1S/C11H16N4O4/c12-7(3-6-4-13-5-14-6)10(17)15-2-1-8(16)9(15)11(18)19/h4-5,7-9,16H,1-3,12H2,(H,13,14)(H,18,19)/t7-,8-,9-/m0/s1. The number of aliphatic hydroxyl groups excluding tert-OH is 1. The number of aromatic nitrogens is 2. The number of carbonyl (C=O) groups excluding carboxylic acids is 1. The molecule has 1 aliphatic heterocycles. The molecule has 1 fully saturated rings. The summed E-state index contributed by atoms with van der Waals surface area (Å²) in [5.74, 6) is -1.69. The monoisotopic (exact) mass is 268 g/mol. The van der Waals surface area contributed by atoms with Crippen LogP contribution in [0, 0.1) is 0 Å². The molecule has 3 atom stereocenters. The van der Waals surface area contributed by atoms with Crippen LogP contribution in [0.2, 0.25) is 0 Å². The van der Waals surface area contributed by atoms with Gasteiger partial charge in [0.05, 0.1) is 18.5 Å². The minimum Gasteiger partial charge on any atom is -0.480 e. The van der Waals surface area contributed by atoms with E-state index in [9.17, 15) is 14.7 Å². The number of hydrogen-bond acceptors (Lipinski definition) is 5. The van der Waals surface area contributed by atoms with Crippen molar-refractivity contribution >= 4 is 11.9 Å². The van der Waals surface area contributed by atoms with Gasteiger partial charge in [0, 0.05) is 24.9 Å². The van der Waals surface area contributed by atoms with Gasteiger partial charge in [-0.3, -0.25) is 4.79 Å². The van der Waals surface area contributed by atoms with E-state index in [1.165, 1.54) is 6.33 Å². The van der Waals surface area contributed by atoms with Crippen molar-refractivity contribution in [2.24, 2.45) is 5.73 Å². The number of amides is 1. The molecule has 0 bridgehead atoms. The third kappa shape index (κ3) is 2.74. The highest BCUT2D eigenvalue weighted by Gasteiger charge is 2.42. The van der Waals surface area contributed by atoms with Crippen LogP contribution in [0.4, 0.5) is 0 Å². The van der Waals surface area contributed by atoms with Crippen LogP contribution in [0.5, 0.6) is 0 Å². The van der Waals surface area contributed by atoms with Gasteiger partial charge in [-0.05, 0) is 6.42 Å². The molecule has 2 heterocycles. The van der Waals surface area contributed by atoms with Crippen LogP contribution >= 0.6 is 0 Å². The molecule has 5 N–H and O–H groups in total. The molecule has 0 aliphatic carbocycles. The maximum absolute atomic E-state index is 12.1. The molecule has 104 valence electrons. The van der Waals surface area contributed by atoms with Gasteiger partial charge < -0.3 is 25.8 Å². The Morgan fingerprint density at radius 2 is 2.37 bits per heavy atom. The van der Waals surface area contributed by atoms with Gasteiger partial charge in [-0.25, -0.2) is 9.78 Å². The van der Waals surface area contributed by atoms with Gasteiger partial charge >= 0.3 is 5.97 Å². The molecule has 19 heavy (non-hydrogen) atoms. The summed E-state index contributed by atoms with van der Waals surface area (Å²) in [4.78, 5) is 31.0. The third-order valence-corrected chi connectivity index (χ3v) is 3.21. The first-order valence-electron chi connectivity index (χ1n) is 5.95. The van der Waals surface area contributed by atoms with Crippen molar-refractivity contribution in [1.82, 2.24) is 14.9 Å². The number of carboxylic acid groups (broad SMARTS) is 1. The highest BCUT2D eigenvalue weighted by Crippen LogP contribution is 2.19. The maximum atomic E-state index is 12.1. The second kappa shape index (κ2) is 5.37. The lowest BCUT2D eigenvalue weighted by Crippen LogP contribution is -2.51. The Balaban J connectivity index is 2.04. The second-order valence-electron chi connectivity index (χ2n) is 4.56. The van der Waals surface area contributed by atoms with Crippen LogP contribution in [-0.2, 0) is 16.0 Å². The second-order valence-corrected chi connectivity index (χ2v) is 4.56. The fraction of sp³-hybridized carbons (Fsp3) is 0.545. The summed E-state index contributed by atoms with van der Waals surface area (Å²) >= 11 is 0. The van der Waals surface area contributed by atoms with Gasteiger partial charge in [0.15, 0.2) is 6.04 Å². The predicted molar refractivity (Wildman–Crippen MR) is 64.0 cm³/mol. The summed E-state index contributed by atoms with van der Waals surface area (Å²) in [5, 5.41) is 18.6. The van der Waals surface area contributed by atoms with Crippen LogP contribution in [0.15, 0.2) is 12.5 Å². The number of rotatable bonds is 4. The zero-order valence-corrected chi connectivity index (χ0v) is 10.2. The lowest BCUT2D eigenvalue weighted by Gasteiger charge is -2.25. The Hall–Kier alpha value is -1.93. The number of aliphatic carboxylic acids is 1. The summed E-state index contributed by atoms with van der Waals surface area (Å²) in [5.41, 5.74) is 6.48. The van der Waals surface area contributed by atoms with Crippen LogP contribution < -0.4 is 5.73 Å². The van der Waals surface area contributed by atoms with Gasteiger partial charge in [0.1, 0.15) is 0 Å². The topological polar surface area (TPSA) is 133 Å². The smallest absolute Gasteiger partial charge is 0.329 e. The average molecular weight is 268 g/mol. The third-order valence-electron chi connectivity index (χ3n) is 3.21. The normalized spacial score (nSPS) is 24.4. The summed E-state index contributed by atoms with van der Waals surface area (Å²) in [7, 11) is 0. The number of H-pyrrole nitrogens is 1. The van der Waals surface area contributed by atoms with Gasteiger partial charge in [0.2, 0.25) is 5.91 Å². The number of nitrogens with one attached hydrogen (secondary N) is 1. The van der Waals surface area contributed by atoms with E-state index in [0.717, 1.165) is 4.90 Å². The van der Waals surface area contributed by atoms with Crippen molar-refractivity contribution in [3.63, 3.8) is 0 Å². The van der Waals surface area contributed by atoms with Gasteiger partial charge in [-0.2, -0.15) is 0 Å². The van der Waals surface area contributed by atoms with Crippen LogP contribution in [0.25, 0.3) is 0 Å². The molecule has 1 amide bonds. The molecule has 8 heteroatoms. The molecule has 2 rings (SSSR count). The summed E-state index contributed by atoms with van der Waals surface area (Å²) in [6.45, 7) is 0.202. The number of imidazole rings is 1. The predicted octanol–water partition coefficient (Wildman–Crippen LogP) is -1.67. The molecule has 8 nitrogen and oxygen atoms in total. The molecule has 0 unspecified atom stereocenters. The average Bonchev–Trinajstić information content (AvgIpc) is 2.97. The summed E-state index contributed by atoms with van der Waals surface area (Å²) in [6, 6.07) is -2.06. The van der Waals surface area contributed by atoms with Crippen molar-refractivity contribution in [2.45, 2.75) is 31.0 Å². The van der Waals surface area contributed by atoms with Crippen LogP contribution in [0.1, 0.15) is 12.1 Å². The number of nitrogens with zero attached hydrogens (tertiary/aromatic N) is 2. The molecule has 1 aromatic heterocycles. The zero-order chi connectivity index (χ0) is 14.0. The number of hydrogen-bond donors (Lipinski definition) is 4.